The third kappa shape index (κ3) is 5.48. The molecule has 0 bridgehead atoms. The molecule has 3 nitrogen and oxygen atoms in total. The second-order valence-corrected chi connectivity index (χ2v) is 5.85. The van der Waals surface area contributed by atoms with Crippen LogP contribution in [0.1, 0.15) is 19.4 Å². The van der Waals surface area contributed by atoms with Crippen LogP contribution in [0.5, 0.6) is 0 Å². The van der Waals surface area contributed by atoms with Crippen LogP contribution >= 0.6 is 11.8 Å². The van der Waals surface area contributed by atoms with Crippen LogP contribution in [0.2, 0.25) is 0 Å². The van der Waals surface area contributed by atoms with E-state index in [9.17, 15) is 9.50 Å². The van der Waals surface area contributed by atoms with Gasteiger partial charge in [-0.3, -0.25) is 0 Å². The highest BCUT2D eigenvalue weighted by molar-refractivity contribution is 8.00. The molecule has 5 heteroatoms. The number of nitrogens with one attached hydrogen (secondary N) is 1. The summed E-state index contributed by atoms with van der Waals surface area (Å²) < 4.78 is 18.8. The fourth-order valence-corrected chi connectivity index (χ4v) is 2.55. The number of hydrogen-bond donors (Lipinski definition) is 2. The third-order valence-corrected chi connectivity index (χ3v) is 4.29. The van der Waals surface area contributed by atoms with Gasteiger partial charge < -0.3 is 15.2 Å². The normalized spacial score (nSPS) is 14.4. The van der Waals surface area contributed by atoms with Gasteiger partial charge in [0.05, 0.1) is 12.7 Å². The van der Waals surface area contributed by atoms with E-state index in [1.807, 2.05) is 13.0 Å². The molecule has 1 aromatic rings. The molecule has 1 rings (SSSR count). The molecule has 2 unspecified atom stereocenters. The van der Waals surface area contributed by atoms with Crippen LogP contribution in [-0.2, 0) is 11.3 Å². The van der Waals surface area contributed by atoms with E-state index >= 15 is 0 Å². The van der Waals surface area contributed by atoms with Crippen molar-refractivity contribution in [1.29, 1.82) is 0 Å². The van der Waals surface area contributed by atoms with Crippen LogP contribution in [-0.4, -0.2) is 36.7 Å². The number of benzene rings is 1. The highest BCUT2D eigenvalue weighted by Crippen LogP contribution is 2.31. The molecule has 0 saturated carbocycles. The van der Waals surface area contributed by atoms with Gasteiger partial charge in [-0.2, -0.15) is 0 Å². The summed E-state index contributed by atoms with van der Waals surface area (Å²) in [5.41, 5.74) is 0.911. The minimum absolute atomic E-state index is 0.0466. The number of rotatable bonds is 8. The summed E-state index contributed by atoms with van der Waals surface area (Å²) in [6, 6.07) is 5.06. The molecule has 0 aromatic heterocycles. The van der Waals surface area contributed by atoms with Crippen LogP contribution in [0, 0.1) is 5.82 Å². The van der Waals surface area contributed by atoms with E-state index in [-0.39, 0.29) is 11.1 Å². The van der Waals surface area contributed by atoms with Gasteiger partial charge in [0.25, 0.3) is 0 Å². The monoisotopic (exact) mass is 287 g/mol. The lowest BCUT2D eigenvalue weighted by Crippen LogP contribution is -2.20. The van der Waals surface area contributed by atoms with Gasteiger partial charge in [0.1, 0.15) is 5.82 Å². The van der Waals surface area contributed by atoms with E-state index in [1.54, 1.807) is 20.1 Å². The summed E-state index contributed by atoms with van der Waals surface area (Å²) >= 11 is 1.37. The molecule has 1 aromatic carbocycles. The topological polar surface area (TPSA) is 41.5 Å². The van der Waals surface area contributed by atoms with Crippen molar-refractivity contribution in [1.82, 2.24) is 5.32 Å². The summed E-state index contributed by atoms with van der Waals surface area (Å²) in [5, 5.41) is 12.7. The van der Waals surface area contributed by atoms with Gasteiger partial charge in [0, 0.05) is 30.3 Å². The maximum Gasteiger partial charge on any atom is 0.137 e. The van der Waals surface area contributed by atoms with Crippen LogP contribution < -0.4 is 5.32 Å². The van der Waals surface area contributed by atoms with Crippen molar-refractivity contribution in [2.24, 2.45) is 0 Å². The van der Waals surface area contributed by atoms with Crippen molar-refractivity contribution >= 4 is 11.8 Å². The first-order valence-electron chi connectivity index (χ1n) is 6.38. The minimum Gasteiger partial charge on any atom is -0.392 e. The average molecular weight is 287 g/mol. The molecular formula is C14H22FNO2S. The number of aliphatic hydroxyl groups excluding tert-OH is 1. The lowest BCUT2D eigenvalue weighted by Gasteiger charge is -2.17. The van der Waals surface area contributed by atoms with Crippen molar-refractivity contribution in [2.45, 2.75) is 36.6 Å². The Bertz CT molecular complexity index is 388. The van der Waals surface area contributed by atoms with Gasteiger partial charge in [-0.05, 0) is 18.6 Å². The average Bonchev–Trinajstić information content (AvgIpc) is 2.38. The summed E-state index contributed by atoms with van der Waals surface area (Å²) in [6.07, 6.45) is -0.473. The minimum atomic E-state index is -0.473. The molecule has 0 aliphatic rings. The Labute approximate surface area is 118 Å². The molecule has 0 fully saturated rings. The predicted octanol–water partition coefficient (Wildman–Crippen LogP) is 2.42. The van der Waals surface area contributed by atoms with E-state index in [0.29, 0.717) is 18.0 Å². The maximum atomic E-state index is 13.9. The summed E-state index contributed by atoms with van der Waals surface area (Å²) in [6.45, 7) is 5.56. The third-order valence-electron chi connectivity index (χ3n) is 2.83. The highest BCUT2D eigenvalue weighted by atomic mass is 32.2. The number of thioether (sulfide) groups is 1. The Hall–Kier alpha value is -0.620. The SMILES string of the molecule is COCCNCc1cccc(F)c1SC(C)C(C)O. The van der Waals surface area contributed by atoms with E-state index in [1.165, 1.54) is 17.8 Å². The summed E-state index contributed by atoms with van der Waals surface area (Å²) in [4.78, 5) is 0.612. The maximum absolute atomic E-state index is 13.9. The first-order valence-corrected chi connectivity index (χ1v) is 7.26. The van der Waals surface area contributed by atoms with Crippen molar-refractivity contribution < 1.29 is 14.2 Å². The molecule has 0 heterocycles. The first-order chi connectivity index (χ1) is 9.06. The zero-order chi connectivity index (χ0) is 14.3. The van der Waals surface area contributed by atoms with E-state index in [4.69, 9.17) is 4.74 Å². The molecule has 19 heavy (non-hydrogen) atoms. The van der Waals surface area contributed by atoms with Crippen molar-refractivity contribution in [3.8, 4) is 0 Å². The Morgan fingerprint density at radius 2 is 2.16 bits per heavy atom. The predicted molar refractivity (Wildman–Crippen MR) is 77.0 cm³/mol. The van der Waals surface area contributed by atoms with Gasteiger partial charge in [-0.1, -0.05) is 19.1 Å². The van der Waals surface area contributed by atoms with Gasteiger partial charge >= 0.3 is 0 Å². The Balaban J connectivity index is 2.71. The van der Waals surface area contributed by atoms with Crippen molar-refractivity contribution in [3.05, 3.63) is 29.6 Å². The lowest BCUT2D eigenvalue weighted by atomic mass is 10.2. The molecule has 2 N–H and O–H groups in total. The Kier molecular flexibility index (Phi) is 7.38. The van der Waals surface area contributed by atoms with Gasteiger partial charge in [-0.25, -0.2) is 4.39 Å². The molecule has 0 spiro atoms. The number of halogens is 1. The fraction of sp³-hybridized carbons (Fsp3) is 0.571. The zero-order valence-electron chi connectivity index (χ0n) is 11.6. The standard InChI is InChI=1S/C14H22FNO2S/c1-10(17)11(2)19-14-12(5-4-6-13(14)15)9-16-7-8-18-3/h4-6,10-11,16-17H,7-9H2,1-3H3. The first kappa shape index (κ1) is 16.4. The number of ether oxygens (including phenoxy) is 1. The van der Waals surface area contributed by atoms with E-state index in [2.05, 4.69) is 5.32 Å². The van der Waals surface area contributed by atoms with Crippen molar-refractivity contribution in [3.63, 3.8) is 0 Å². The largest absolute Gasteiger partial charge is 0.392 e. The molecule has 0 amide bonds. The number of methoxy groups -OCH3 is 1. The van der Waals surface area contributed by atoms with Crippen LogP contribution in [0.3, 0.4) is 0 Å². The lowest BCUT2D eigenvalue weighted by molar-refractivity contribution is 0.196. The summed E-state index contributed by atoms with van der Waals surface area (Å²) in [7, 11) is 1.65. The molecule has 0 radical (unpaired) electrons. The fourth-order valence-electron chi connectivity index (χ4n) is 1.51. The molecular weight excluding hydrogens is 265 g/mol. The smallest absolute Gasteiger partial charge is 0.137 e. The quantitative estimate of drug-likeness (QED) is 0.569. The van der Waals surface area contributed by atoms with Crippen LogP contribution in [0.25, 0.3) is 0 Å². The van der Waals surface area contributed by atoms with Crippen LogP contribution in [0.4, 0.5) is 4.39 Å². The Morgan fingerprint density at radius 3 is 2.79 bits per heavy atom. The molecule has 2 atom stereocenters. The van der Waals surface area contributed by atoms with Crippen LogP contribution in [0.15, 0.2) is 23.1 Å². The zero-order valence-corrected chi connectivity index (χ0v) is 12.5. The van der Waals surface area contributed by atoms with Crippen molar-refractivity contribution in [2.75, 3.05) is 20.3 Å². The summed E-state index contributed by atoms with van der Waals surface area (Å²) in [5.74, 6) is -0.233. The van der Waals surface area contributed by atoms with Gasteiger partial charge in [0.2, 0.25) is 0 Å². The number of aliphatic hydroxyl groups is 1. The van der Waals surface area contributed by atoms with E-state index < -0.39 is 6.10 Å². The van der Waals surface area contributed by atoms with E-state index in [0.717, 1.165) is 12.1 Å². The van der Waals surface area contributed by atoms with Gasteiger partial charge in [0.15, 0.2) is 0 Å². The second kappa shape index (κ2) is 8.53. The molecule has 0 aliphatic carbocycles. The number of hydrogen-bond acceptors (Lipinski definition) is 4. The molecule has 0 saturated heterocycles. The van der Waals surface area contributed by atoms with Gasteiger partial charge in [-0.15, -0.1) is 11.8 Å². The highest BCUT2D eigenvalue weighted by Gasteiger charge is 2.16. The Morgan fingerprint density at radius 1 is 1.42 bits per heavy atom. The molecule has 0 aliphatic heterocycles. The second-order valence-electron chi connectivity index (χ2n) is 4.46. The molecule has 108 valence electrons.